The van der Waals surface area contributed by atoms with E-state index in [4.69, 9.17) is 0 Å². The highest BCUT2D eigenvalue weighted by Crippen LogP contribution is 2.33. The van der Waals surface area contributed by atoms with E-state index in [2.05, 4.69) is 88.6 Å². The largest absolute Gasteiger partial charge is 0.369 e. The van der Waals surface area contributed by atoms with Crippen LogP contribution in [0.4, 0.5) is 17.1 Å². The van der Waals surface area contributed by atoms with Crippen LogP contribution in [0.5, 0.6) is 0 Å². The van der Waals surface area contributed by atoms with Gasteiger partial charge in [0.2, 0.25) is 0 Å². The van der Waals surface area contributed by atoms with Crippen LogP contribution in [0.25, 0.3) is 10.9 Å². The average Bonchev–Trinajstić information content (AvgIpc) is 3.12. The van der Waals surface area contributed by atoms with E-state index in [0.717, 1.165) is 50.4 Å². The van der Waals surface area contributed by atoms with Gasteiger partial charge in [0.1, 0.15) is 0 Å². The molecule has 1 aliphatic heterocycles. The third-order valence-corrected chi connectivity index (χ3v) is 6.92. The summed E-state index contributed by atoms with van der Waals surface area (Å²) in [5.41, 5.74) is 7.81. The minimum absolute atomic E-state index is 0.634. The van der Waals surface area contributed by atoms with Crippen LogP contribution in [0.3, 0.4) is 0 Å². The Bertz CT molecular complexity index is 1010. The average molecular weight is 404 g/mol. The van der Waals surface area contributed by atoms with E-state index < -0.39 is 0 Å². The Labute approximate surface area is 179 Å². The van der Waals surface area contributed by atoms with Gasteiger partial charge in [0, 0.05) is 65.9 Å². The summed E-state index contributed by atoms with van der Waals surface area (Å²) in [7, 11) is 6.59. The van der Waals surface area contributed by atoms with Crippen LogP contribution in [0.15, 0.2) is 42.5 Å². The van der Waals surface area contributed by atoms with Crippen molar-refractivity contribution in [1.82, 2.24) is 14.8 Å². The molecule has 1 saturated heterocycles. The van der Waals surface area contributed by atoms with Gasteiger partial charge in [-0.1, -0.05) is 0 Å². The van der Waals surface area contributed by atoms with Crippen LogP contribution in [0.2, 0.25) is 0 Å². The molecule has 1 unspecified atom stereocenters. The number of aryl methyl sites for hydroxylation is 1. The Morgan fingerprint density at radius 3 is 2.43 bits per heavy atom. The fourth-order valence-electron chi connectivity index (χ4n) is 4.90. The molecule has 0 radical (unpaired) electrons. The quantitative estimate of drug-likeness (QED) is 0.688. The zero-order chi connectivity index (χ0) is 20.7. The summed E-state index contributed by atoms with van der Waals surface area (Å²) < 4.78 is 0. The highest BCUT2D eigenvalue weighted by atomic mass is 15.2. The summed E-state index contributed by atoms with van der Waals surface area (Å²) in [5.74, 6) is 0. The lowest BCUT2D eigenvalue weighted by Gasteiger charge is -2.34. The minimum atomic E-state index is 0.634. The molecule has 1 fully saturated rings. The van der Waals surface area contributed by atoms with Crippen molar-refractivity contribution in [3.8, 4) is 0 Å². The topological polar surface area (TPSA) is 37.5 Å². The Morgan fingerprint density at radius 1 is 0.967 bits per heavy atom. The van der Waals surface area contributed by atoms with E-state index in [0.29, 0.717) is 6.04 Å². The van der Waals surface area contributed by atoms with Gasteiger partial charge >= 0.3 is 0 Å². The molecule has 158 valence electrons. The number of piperazine rings is 1. The summed E-state index contributed by atoms with van der Waals surface area (Å²) >= 11 is 0. The molecule has 5 heteroatoms. The smallest absolute Gasteiger partial charge is 0.0460 e. The molecule has 2 aliphatic rings. The fraction of sp³-hybridized carbons (Fsp3) is 0.440. The molecule has 5 rings (SSSR count). The van der Waals surface area contributed by atoms with E-state index in [1.165, 1.54) is 34.3 Å². The maximum Gasteiger partial charge on any atom is 0.0460 e. The van der Waals surface area contributed by atoms with E-state index in [-0.39, 0.29) is 0 Å². The van der Waals surface area contributed by atoms with Gasteiger partial charge < -0.3 is 25.0 Å². The van der Waals surface area contributed by atoms with Crippen LogP contribution >= 0.6 is 0 Å². The number of rotatable bonds is 4. The Kier molecular flexibility index (Phi) is 5.17. The third kappa shape index (κ3) is 3.80. The summed E-state index contributed by atoms with van der Waals surface area (Å²) in [4.78, 5) is 10.9. The molecule has 0 saturated carbocycles. The lowest BCUT2D eigenvalue weighted by Crippen LogP contribution is -2.44. The van der Waals surface area contributed by atoms with Gasteiger partial charge in [-0.25, -0.2) is 0 Å². The van der Waals surface area contributed by atoms with Crippen molar-refractivity contribution in [2.24, 2.45) is 0 Å². The number of aromatic amines is 1. The number of hydrogen-bond acceptors (Lipinski definition) is 4. The molecule has 1 aromatic heterocycles. The van der Waals surface area contributed by atoms with Gasteiger partial charge in [0.15, 0.2) is 0 Å². The predicted octanol–water partition coefficient (Wildman–Crippen LogP) is 4.08. The van der Waals surface area contributed by atoms with Crippen LogP contribution < -0.4 is 10.2 Å². The zero-order valence-electron chi connectivity index (χ0n) is 18.4. The Hall–Kier alpha value is -2.50. The highest BCUT2D eigenvalue weighted by molar-refractivity contribution is 5.88. The van der Waals surface area contributed by atoms with Crippen molar-refractivity contribution < 1.29 is 0 Å². The number of nitrogens with zero attached hydrogens (tertiary/aromatic N) is 3. The second-order valence-electron chi connectivity index (χ2n) is 9.16. The number of nitrogens with one attached hydrogen (secondary N) is 2. The van der Waals surface area contributed by atoms with Gasteiger partial charge in [-0.15, -0.1) is 0 Å². The Balaban J connectivity index is 1.34. The van der Waals surface area contributed by atoms with Crippen molar-refractivity contribution in [3.63, 3.8) is 0 Å². The van der Waals surface area contributed by atoms with Crippen LogP contribution in [0.1, 0.15) is 17.7 Å². The predicted molar refractivity (Wildman–Crippen MR) is 127 cm³/mol. The number of anilines is 3. The lowest BCUT2D eigenvalue weighted by molar-refractivity contribution is 0.268. The molecule has 3 aromatic rings. The van der Waals surface area contributed by atoms with Crippen molar-refractivity contribution in [2.75, 3.05) is 57.5 Å². The summed E-state index contributed by atoms with van der Waals surface area (Å²) in [5, 5.41) is 4.98. The van der Waals surface area contributed by atoms with Crippen LogP contribution in [-0.2, 0) is 12.8 Å². The molecule has 5 nitrogen and oxygen atoms in total. The highest BCUT2D eigenvalue weighted by Gasteiger charge is 2.23. The van der Waals surface area contributed by atoms with Crippen molar-refractivity contribution >= 4 is 28.0 Å². The molecule has 2 aromatic carbocycles. The van der Waals surface area contributed by atoms with Gasteiger partial charge in [0.25, 0.3) is 0 Å². The first-order valence-corrected chi connectivity index (χ1v) is 11.2. The number of fused-ring (bicyclic) bond motifs is 3. The van der Waals surface area contributed by atoms with E-state index in [9.17, 15) is 0 Å². The van der Waals surface area contributed by atoms with Crippen LogP contribution in [0, 0.1) is 0 Å². The molecule has 0 amide bonds. The first kappa shape index (κ1) is 19.5. The standard InChI is InChI=1S/C25H33N5/c1-28(2)21-9-11-25-23(17-21)22-16-19(6-10-24(22)27-25)26-18-4-7-20(8-5-18)30-14-12-29(3)13-15-30/h4-8,10,16,21,26-27H,9,11-15,17H2,1-3H3. The second-order valence-corrected chi connectivity index (χ2v) is 9.16. The maximum atomic E-state index is 3.66. The van der Waals surface area contributed by atoms with Crippen molar-refractivity contribution in [1.29, 1.82) is 0 Å². The van der Waals surface area contributed by atoms with Gasteiger partial charge in [-0.05, 0) is 88.4 Å². The molecular weight excluding hydrogens is 370 g/mol. The van der Waals surface area contributed by atoms with E-state index >= 15 is 0 Å². The number of hydrogen-bond donors (Lipinski definition) is 2. The normalized spacial score (nSPS) is 20.0. The van der Waals surface area contributed by atoms with Crippen molar-refractivity contribution in [2.45, 2.75) is 25.3 Å². The molecule has 0 bridgehead atoms. The van der Waals surface area contributed by atoms with Crippen LogP contribution in [-0.4, -0.2) is 68.1 Å². The summed E-state index contributed by atoms with van der Waals surface area (Å²) in [6.45, 7) is 4.48. The summed E-state index contributed by atoms with van der Waals surface area (Å²) in [6.07, 6.45) is 3.51. The van der Waals surface area contributed by atoms with Gasteiger partial charge in [-0.3, -0.25) is 0 Å². The number of H-pyrrole nitrogens is 1. The first-order valence-electron chi connectivity index (χ1n) is 11.2. The molecule has 1 atom stereocenters. The molecule has 1 aliphatic carbocycles. The number of benzene rings is 2. The molecule has 30 heavy (non-hydrogen) atoms. The number of aromatic nitrogens is 1. The second kappa shape index (κ2) is 7.97. The maximum absolute atomic E-state index is 3.66. The lowest BCUT2D eigenvalue weighted by atomic mass is 9.91. The summed E-state index contributed by atoms with van der Waals surface area (Å²) in [6, 6.07) is 16.2. The minimum Gasteiger partial charge on any atom is -0.369 e. The Morgan fingerprint density at radius 2 is 1.70 bits per heavy atom. The third-order valence-electron chi connectivity index (χ3n) is 6.92. The van der Waals surface area contributed by atoms with E-state index in [1.54, 1.807) is 0 Å². The van der Waals surface area contributed by atoms with Crippen molar-refractivity contribution in [3.05, 3.63) is 53.7 Å². The van der Waals surface area contributed by atoms with E-state index in [1.807, 2.05) is 0 Å². The van der Waals surface area contributed by atoms with Gasteiger partial charge in [-0.2, -0.15) is 0 Å². The molecular formula is C25H33N5. The molecule has 2 heterocycles. The molecule has 2 N–H and O–H groups in total. The number of likely N-dealkylation sites (N-methyl/N-ethyl adjacent to an activating group) is 2. The SMILES string of the molecule is CN1CCN(c2ccc(Nc3ccc4[nH]c5c(c4c3)CC(N(C)C)CC5)cc2)CC1. The monoisotopic (exact) mass is 403 g/mol. The zero-order valence-corrected chi connectivity index (χ0v) is 18.4. The van der Waals surface area contributed by atoms with Gasteiger partial charge in [0.05, 0.1) is 0 Å². The fourth-order valence-corrected chi connectivity index (χ4v) is 4.90. The first-order chi connectivity index (χ1) is 14.6. The molecule has 0 spiro atoms.